The summed E-state index contributed by atoms with van der Waals surface area (Å²) in [5, 5.41) is 24.1. The number of imidazole rings is 1. The van der Waals surface area contributed by atoms with Crippen molar-refractivity contribution in [3.05, 3.63) is 48.8 Å². The third-order valence-electron chi connectivity index (χ3n) is 3.86. The lowest BCUT2D eigenvalue weighted by atomic mass is 10.2. The molecule has 0 aromatic carbocycles. The molecule has 4 heterocycles. The molecule has 11 nitrogen and oxygen atoms in total. The third-order valence-corrected chi connectivity index (χ3v) is 3.86. The maximum atomic E-state index is 9.00. The Morgan fingerprint density at radius 3 is 3.00 bits per heavy atom. The van der Waals surface area contributed by atoms with Gasteiger partial charge >= 0.3 is 0 Å². The Balaban J connectivity index is 1.57. The Kier molecular flexibility index (Phi) is 4.49. The van der Waals surface area contributed by atoms with E-state index < -0.39 is 0 Å². The zero-order valence-electron chi connectivity index (χ0n) is 14.2. The van der Waals surface area contributed by atoms with Gasteiger partial charge in [-0.25, -0.2) is 25.0 Å². The molecule has 0 bridgehead atoms. The van der Waals surface area contributed by atoms with Crippen LogP contribution in [0.25, 0.3) is 16.9 Å². The maximum Gasteiger partial charge on any atom is 0.216 e. The molecule has 136 valence electrons. The van der Waals surface area contributed by atoms with Crippen LogP contribution in [0.15, 0.2) is 48.2 Å². The number of aromatic nitrogens is 7. The highest BCUT2D eigenvalue weighted by Crippen LogP contribution is 2.24. The van der Waals surface area contributed by atoms with Gasteiger partial charge in [-0.15, -0.1) is 5.11 Å². The van der Waals surface area contributed by atoms with Crippen LogP contribution in [0.3, 0.4) is 0 Å². The molecule has 4 aromatic heterocycles. The van der Waals surface area contributed by atoms with E-state index in [2.05, 4.69) is 35.6 Å². The van der Waals surface area contributed by atoms with Gasteiger partial charge in [-0.1, -0.05) is 0 Å². The molecule has 27 heavy (non-hydrogen) atoms. The number of nitrogens with one attached hydrogen (secondary N) is 2. The van der Waals surface area contributed by atoms with Crippen LogP contribution in [0.4, 0.5) is 11.6 Å². The van der Waals surface area contributed by atoms with Gasteiger partial charge in [0.25, 0.3) is 0 Å². The van der Waals surface area contributed by atoms with Crippen molar-refractivity contribution < 1.29 is 5.11 Å². The zero-order valence-corrected chi connectivity index (χ0v) is 14.2. The van der Waals surface area contributed by atoms with Gasteiger partial charge in [0.2, 0.25) is 5.82 Å². The number of aliphatic hydroxyl groups is 1. The van der Waals surface area contributed by atoms with Gasteiger partial charge in [0, 0.05) is 24.2 Å². The average Bonchev–Trinajstić information content (AvgIpc) is 3.35. The second kappa shape index (κ2) is 7.25. The van der Waals surface area contributed by atoms with Gasteiger partial charge in [0.15, 0.2) is 11.5 Å². The van der Waals surface area contributed by atoms with Crippen molar-refractivity contribution in [1.82, 2.24) is 34.3 Å². The van der Waals surface area contributed by atoms with Crippen LogP contribution in [-0.4, -0.2) is 46.1 Å². The summed E-state index contributed by atoms with van der Waals surface area (Å²) in [4.78, 5) is 12.8. The predicted molar refractivity (Wildman–Crippen MR) is 95.5 cm³/mol. The van der Waals surface area contributed by atoms with Crippen LogP contribution in [0.1, 0.15) is 5.69 Å². The zero-order chi connectivity index (χ0) is 18.6. The van der Waals surface area contributed by atoms with E-state index >= 15 is 0 Å². The molecule has 0 spiro atoms. The minimum Gasteiger partial charge on any atom is -0.394 e. The van der Waals surface area contributed by atoms with E-state index in [1.807, 2.05) is 12.1 Å². The number of hydrogen-bond donors (Lipinski definition) is 3. The largest absolute Gasteiger partial charge is 0.394 e. The predicted octanol–water partition coefficient (Wildman–Crippen LogP) is 1.65. The summed E-state index contributed by atoms with van der Waals surface area (Å²) in [6, 6.07) is 3.74. The fourth-order valence-electron chi connectivity index (χ4n) is 2.57. The molecule has 0 saturated carbocycles. The van der Waals surface area contributed by atoms with Gasteiger partial charge in [0.05, 0.1) is 43.5 Å². The summed E-state index contributed by atoms with van der Waals surface area (Å²) < 4.78 is 3.31. The third kappa shape index (κ3) is 3.48. The molecular formula is C16H16N10O. The highest BCUT2D eigenvalue weighted by atomic mass is 16.3. The molecule has 0 unspecified atom stereocenters. The van der Waals surface area contributed by atoms with Crippen molar-refractivity contribution in [2.24, 2.45) is 5.11 Å². The first-order valence-corrected chi connectivity index (χ1v) is 8.18. The molecule has 11 heteroatoms. The molecule has 3 N–H and O–H groups in total. The molecule has 0 aliphatic heterocycles. The SMILES string of the molecule is N=Nc1ncc(-c2cnn(CCO)c2)nc1NCc1ccc2nccn2n1. The van der Waals surface area contributed by atoms with Gasteiger partial charge in [-0.2, -0.15) is 10.2 Å². The van der Waals surface area contributed by atoms with Crippen molar-refractivity contribution in [3.63, 3.8) is 0 Å². The molecule has 0 aliphatic rings. The maximum absolute atomic E-state index is 9.00. The molecule has 4 aromatic rings. The van der Waals surface area contributed by atoms with Crippen LogP contribution in [-0.2, 0) is 13.1 Å². The number of nitrogens with zero attached hydrogens (tertiary/aromatic N) is 8. The molecule has 0 amide bonds. The highest BCUT2D eigenvalue weighted by molar-refractivity contribution is 5.63. The minimum atomic E-state index is 0.00449. The van der Waals surface area contributed by atoms with Crippen LogP contribution in [0, 0.1) is 5.53 Å². The number of aliphatic hydroxyl groups excluding tert-OH is 1. The lowest BCUT2D eigenvalue weighted by Gasteiger charge is -2.08. The normalized spacial score (nSPS) is 11.0. The lowest BCUT2D eigenvalue weighted by Crippen LogP contribution is -2.06. The van der Waals surface area contributed by atoms with Crippen molar-refractivity contribution in [3.8, 4) is 11.3 Å². The van der Waals surface area contributed by atoms with E-state index in [1.54, 1.807) is 34.0 Å². The highest BCUT2D eigenvalue weighted by Gasteiger charge is 2.11. The Bertz CT molecular complexity index is 1090. The Hall–Kier alpha value is -3.73. The number of hydrogen-bond acceptors (Lipinski definition) is 9. The fourth-order valence-corrected chi connectivity index (χ4v) is 2.57. The second-order valence-corrected chi connectivity index (χ2v) is 5.66. The van der Waals surface area contributed by atoms with Crippen LogP contribution in [0.5, 0.6) is 0 Å². The van der Waals surface area contributed by atoms with E-state index in [0.717, 1.165) is 16.9 Å². The Morgan fingerprint density at radius 2 is 2.15 bits per heavy atom. The number of fused-ring (bicyclic) bond motifs is 1. The molecule has 0 fully saturated rings. The topological polar surface area (TPSA) is 142 Å². The first-order valence-electron chi connectivity index (χ1n) is 8.18. The summed E-state index contributed by atoms with van der Waals surface area (Å²) in [6.07, 6.45) is 8.41. The van der Waals surface area contributed by atoms with Gasteiger partial charge in [-0.3, -0.25) is 4.68 Å². The fraction of sp³-hybridized carbons (Fsp3) is 0.188. The Labute approximate surface area is 153 Å². The van der Waals surface area contributed by atoms with E-state index in [1.165, 1.54) is 6.20 Å². The molecule has 0 atom stereocenters. The summed E-state index contributed by atoms with van der Waals surface area (Å²) in [7, 11) is 0. The molecule has 0 aliphatic carbocycles. The minimum absolute atomic E-state index is 0.00449. The number of anilines is 1. The van der Waals surface area contributed by atoms with Crippen LogP contribution < -0.4 is 5.32 Å². The summed E-state index contributed by atoms with van der Waals surface area (Å²) >= 11 is 0. The Morgan fingerprint density at radius 1 is 1.22 bits per heavy atom. The van der Waals surface area contributed by atoms with E-state index in [9.17, 15) is 0 Å². The average molecular weight is 364 g/mol. The quantitative estimate of drug-likeness (QED) is 0.423. The summed E-state index contributed by atoms with van der Waals surface area (Å²) in [5.74, 6) is 0.565. The monoisotopic (exact) mass is 364 g/mol. The first kappa shape index (κ1) is 16.7. The van der Waals surface area contributed by atoms with Crippen molar-refractivity contribution >= 4 is 17.3 Å². The number of rotatable bonds is 7. The van der Waals surface area contributed by atoms with Crippen molar-refractivity contribution in [1.29, 1.82) is 5.53 Å². The van der Waals surface area contributed by atoms with E-state index in [-0.39, 0.29) is 12.4 Å². The van der Waals surface area contributed by atoms with Gasteiger partial charge in [-0.05, 0) is 12.1 Å². The molecule has 4 rings (SSSR count). The molecular weight excluding hydrogens is 348 g/mol. The standard InChI is InChI=1S/C16H16N10O/c17-23-16-15(19-8-12-1-2-14-18-3-4-26(14)24-12)22-13(9-20-16)11-7-21-25(10-11)5-6-27/h1-4,7,9-10,17,27H,5-6,8H2,(H,19,22). The molecule has 0 saturated heterocycles. The summed E-state index contributed by atoms with van der Waals surface area (Å²) in [6.45, 7) is 0.796. The van der Waals surface area contributed by atoms with Gasteiger partial charge in [0.1, 0.15) is 0 Å². The smallest absolute Gasteiger partial charge is 0.216 e. The van der Waals surface area contributed by atoms with E-state index in [4.69, 9.17) is 10.6 Å². The molecule has 0 radical (unpaired) electrons. The first-order chi connectivity index (χ1) is 13.3. The second-order valence-electron chi connectivity index (χ2n) is 5.66. The van der Waals surface area contributed by atoms with Crippen molar-refractivity contribution in [2.45, 2.75) is 13.1 Å². The summed E-state index contributed by atoms with van der Waals surface area (Å²) in [5.41, 5.74) is 10.2. The van der Waals surface area contributed by atoms with Gasteiger partial charge < -0.3 is 10.4 Å². The van der Waals surface area contributed by atoms with Crippen molar-refractivity contribution in [2.75, 3.05) is 11.9 Å². The van der Waals surface area contributed by atoms with Crippen LogP contribution >= 0.6 is 0 Å². The van der Waals surface area contributed by atoms with E-state index in [0.29, 0.717) is 24.6 Å². The van der Waals surface area contributed by atoms with Crippen LogP contribution in [0.2, 0.25) is 0 Å². The lowest BCUT2D eigenvalue weighted by molar-refractivity contribution is 0.269.